The summed E-state index contributed by atoms with van der Waals surface area (Å²) in [6.07, 6.45) is 0. The van der Waals surface area contributed by atoms with Crippen molar-refractivity contribution < 1.29 is 4.39 Å². The number of hydrogen-bond acceptors (Lipinski definition) is 2. The van der Waals surface area contributed by atoms with E-state index in [1.54, 1.807) is 24.8 Å². The van der Waals surface area contributed by atoms with E-state index >= 15 is 0 Å². The van der Waals surface area contributed by atoms with Crippen LogP contribution in [-0.2, 0) is 0 Å². The van der Waals surface area contributed by atoms with Gasteiger partial charge in [-0.05, 0) is 56.2 Å². The lowest BCUT2D eigenvalue weighted by atomic mass is 10.1. The van der Waals surface area contributed by atoms with Gasteiger partial charge in [0.15, 0.2) is 0 Å². The fourth-order valence-corrected chi connectivity index (χ4v) is 2.97. The fraction of sp³-hybridized carbons (Fsp3) is 0.250. The molecule has 0 aliphatic heterocycles. The van der Waals surface area contributed by atoms with Crippen LogP contribution in [0.3, 0.4) is 0 Å². The number of rotatable bonds is 3. The maximum Gasteiger partial charge on any atom is 0.126 e. The van der Waals surface area contributed by atoms with Crippen molar-refractivity contribution in [3.8, 4) is 0 Å². The summed E-state index contributed by atoms with van der Waals surface area (Å²) in [6, 6.07) is 11.5. The lowest BCUT2D eigenvalue weighted by Crippen LogP contribution is -2.07. The van der Waals surface area contributed by atoms with Crippen LogP contribution in [0.4, 0.5) is 4.39 Å². The molecule has 2 aromatic rings. The van der Waals surface area contributed by atoms with Crippen molar-refractivity contribution in [1.29, 1.82) is 0 Å². The Bertz CT molecular complexity index is 576. The van der Waals surface area contributed by atoms with Gasteiger partial charge in [-0.3, -0.25) is 0 Å². The monoisotopic (exact) mass is 275 g/mol. The quantitative estimate of drug-likeness (QED) is 0.885. The summed E-state index contributed by atoms with van der Waals surface area (Å²) in [4.78, 5) is 2.16. The summed E-state index contributed by atoms with van der Waals surface area (Å²) in [5.41, 5.74) is 8.67. The molecule has 19 heavy (non-hydrogen) atoms. The third-order valence-electron chi connectivity index (χ3n) is 3.03. The Morgan fingerprint density at radius 2 is 1.74 bits per heavy atom. The average Bonchev–Trinajstić information content (AvgIpc) is 2.36. The first kappa shape index (κ1) is 14.1. The third-order valence-corrected chi connectivity index (χ3v) is 4.11. The van der Waals surface area contributed by atoms with Gasteiger partial charge in [0.1, 0.15) is 5.82 Å². The second-order valence-electron chi connectivity index (χ2n) is 4.84. The van der Waals surface area contributed by atoms with Gasteiger partial charge in [-0.15, -0.1) is 0 Å². The number of nitrogens with two attached hydrogens (primary N) is 1. The predicted octanol–water partition coefficient (Wildman–Crippen LogP) is 4.61. The van der Waals surface area contributed by atoms with Crippen LogP contribution in [0.1, 0.15) is 29.7 Å². The molecule has 1 atom stereocenters. The molecule has 0 aliphatic rings. The van der Waals surface area contributed by atoms with E-state index in [-0.39, 0.29) is 11.9 Å². The lowest BCUT2D eigenvalue weighted by Gasteiger charge is -2.14. The molecule has 0 heterocycles. The first-order valence-electron chi connectivity index (χ1n) is 6.27. The molecule has 0 saturated heterocycles. The van der Waals surface area contributed by atoms with E-state index in [1.807, 2.05) is 13.0 Å². The van der Waals surface area contributed by atoms with Crippen LogP contribution < -0.4 is 5.73 Å². The van der Waals surface area contributed by atoms with Crippen molar-refractivity contribution >= 4 is 11.8 Å². The van der Waals surface area contributed by atoms with Gasteiger partial charge in [-0.1, -0.05) is 29.5 Å². The molecule has 0 saturated carbocycles. The molecule has 0 bridgehead atoms. The van der Waals surface area contributed by atoms with E-state index in [0.29, 0.717) is 5.56 Å². The molecule has 2 rings (SSSR count). The molecule has 2 N–H and O–H groups in total. The standard InChI is InChI=1S/C16H18FNS/c1-10-4-6-13(7-5-10)19-16-8-11(2)15(17)9-14(16)12(3)18/h4-9,12H,18H2,1-3H3. The van der Waals surface area contributed by atoms with Crippen LogP contribution in [0.5, 0.6) is 0 Å². The van der Waals surface area contributed by atoms with Crippen molar-refractivity contribution in [1.82, 2.24) is 0 Å². The maximum atomic E-state index is 13.6. The zero-order valence-electron chi connectivity index (χ0n) is 11.4. The summed E-state index contributed by atoms with van der Waals surface area (Å²) in [5.74, 6) is -0.194. The van der Waals surface area contributed by atoms with Gasteiger partial charge in [0.05, 0.1) is 0 Å². The third kappa shape index (κ3) is 3.37. The molecular weight excluding hydrogens is 257 g/mol. The van der Waals surface area contributed by atoms with E-state index in [2.05, 4.69) is 31.2 Å². The summed E-state index contributed by atoms with van der Waals surface area (Å²) in [5, 5.41) is 0. The van der Waals surface area contributed by atoms with Crippen LogP contribution in [0.2, 0.25) is 0 Å². The molecule has 2 aromatic carbocycles. The Labute approximate surface area is 118 Å². The van der Waals surface area contributed by atoms with Gasteiger partial charge in [0, 0.05) is 15.8 Å². The van der Waals surface area contributed by atoms with Gasteiger partial charge in [0.2, 0.25) is 0 Å². The van der Waals surface area contributed by atoms with Crippen LogP contribution in [0.15, 0.2) is 46.2 Å². The molecule has 0 fully saturated rings. The van der Waals surface area contributed by atoms with Crippen molar-refractivity contribution in [3.63, 3.8) is 0 Å². The second-order valence-corrected chi connectivity index (χ2v) is 5.96. The molecule has 0 aromatic heterocycles. The predicted molar refractivity (Wildman–Crippen MR) is 79.0 cm³/mol. The fourth-order valence-electron chi connectivity index (χ4n) is 1.85. The zero-order chi connectivity index (χ0) is 14.0. The summed E-state index contributed by atoms with van der Waals surface area (Å²) < 4.78 is 13.6. The highest BCUT2D eigenvalue weighted by molar-refractivity contribution is 7.99. The molecule has 0 radical (unpaired) electrons. The van der Waals surface area contributed by atoms with Gasteiger partial charge >= 0.3 is 0 Å². The number of halogens is 1. The van der Waals surface area contributed by atoms with Crippen molar-refractivity contribution in [2.24, 2.45) is 5.73 Å². The van der Waals surface area contributed by atoms with E-state index in [0.717, 1.165) is 15.4 Å². The number of hydrogen-bond donors (Lipinski definition) is 1. The number of aryl methyl sites for hydroxylation is 2. The van der Waals surface area contributed by atoms with E-state index in [1.165, 1.54) is 5.56 Å². The highest BCUT2D eigenvalue weighted by atomic mass is 32.2. The minimum atomic E-state index is -0.194. The first-order valence-corrected chi connectivity index (χ1v) is 7.09. The van der Waals surface area contributed by atoms with E-state index < -0.39 is 0 Å². The van der Waals surface area contributed by atoms with Crippen molar-refractivity contribution in [2.45, 2.75) is 36.6 Å². The van der Waals surface area contributed by atoms with E-state index in [9.17, 15) is 4.39 Å². The van der Waals surface area contributed by atoms with Crippen molar-refractivity contribution in [2.75, 3.05) is 0 Å². The first-order chi connectivity index (χ1) is 8.97. The molecular formula is C16H18FNS. The van der Waals surface area contributed by atoms with Crippen molar-refractivity contribution in [3.05, 3.63) is 58.9 Å². The highest BCUT2D eigenvalue weighted by Crippen LogP contribution is 2.34. The van der Waals surface area contributed by atoms with Crippen LogP contribution in [0.25, 0.3) is 0 Å². The lowest BCUT2D eigenvalue weighted by molar-refractivity contribution is 0.610. The van der Waals surface area contributed by atoms with Gasteiger partial charge < -0.3 is 5.73 Å². The molecule has 0 amide bonds. The Morgan fingerprint density at radius 1 is 1.11 bits per heavy atom. The Kier molecular flexibility index (Phi) is 4.27. The second kappa shape index (κ2) is 5.76. The summed E-state index contributed by atoms with van der Waals surface area (Å²) in [7, 11) is 0. The smallest absolute Gasteiger partial charge is 0.126 e. The molecule has 0 spiro atoms. The molecule has 1 nitrogen and oxygen atoms in total. The van der Waals surface area contributed by atoms with Gasteiger partial charge in [-0.25, -0.2) is 4.39 Å². The van der Waals surface area contributed by atoms with Crippen LogP contribution in [0, 0.1) is 19.7 Å². The normalized spacial score (nSPS) is 12.5. The topological polar surface area (TPSA) is 26.0 Å². The zero-order valence-corrected chi connectivity index (χ0v) is 12.2. The number of benzene rings is 2. The highest BCUT2D eigenvalue weighted by Gasteiger charge is 2.12. The molecule has 3 heteroatoms. The summed E-state index contributed by atoms with van der Waals surface area (Å²) >= 11 is 1.63. The SMILES string of the molecule is Cc1ccc(Sc2cc(C)c(F)cc2C(C)N)cc1. The molecule has 0 aliphatic carbocycles. The minimum absolute atomic E-state index is 0.178. The van der Waals surface area contributed by atoms with Gasteiger partial charge in [-0.2, -0.15) is 0 Å². The average molecular weight is 275 g/mol. The summed E-state index contributed by atoms with van der Waals surface area (Å²) in [6.45, 7) is 5.71. The molecule has 100 valence electrons. The Balaban J connectivity index is 2.38. The Hall–Kier alpha value is -1.32. The van der Waals surface area contributed by atoms with Crippen LogP contribution >= 0.6 is 11.8 Å². The van der Waals surface area contributed by atoms with E-state index in [4.69, 9.17) is 5.73 Å². The maximum absolute atomic E-state index is 13.6. The van der Waals surface area contributed by atoms with Crippen LogP contribution in [-0.4, -0.2) is 0 Å². The van der Waals surface area contributed by atoms with Gasteiger partial charge in [0.25, 0.3) is 0 Å². The largest absolute Gasteiger partial charge is 0.324 e. The molecule has 1 unspecified atom stereocenters. The Morgan fingerprint density at radius 3 is 2.32 bits per heavy atom. The minimum Gasteiger partial charge on any atom is -0.324 e.